The van der Waals surface area contributed by atoms with Gasteiger partial charge in [0.1, 0.15) is 24.4 Å². The third-order valence-corrected chi connectivity index (χ3v) is 3.90. The highest BCUT2D eigenvalue weighted by atomic mass is 16.6. The summed E-state index contributed by atoms with van der Waals surface area (Å²) in [4.78, 5) is 0. The lowest BCUT2D eigenvalue weighted by molar-refractivity contribution is -0.194. The average Bonchev–Trinajstić information content (AvgIpc) is 2.76. The summed E-state index contributed by atoms with van der Waals surface area (Å²) >= 11 is 0. The van der Waals surface area contributed by atoms with Gasteiger partial charge in [0, 0.05) is 39.3 Å². The van der Waals surface area contributed by atoms with Crippen LogP contribution in [-0.4, -0.2) is 117 Å². The molecule has 0 saturated heterocycles. The van der Waals surface area contributed by atoms with Crippen molar-refractivity contribution in [3.63, 3.8) is 0 Å². The lowest BCUT2D eigenvalue weighted by atomic mass is 10.0. The van der Waals surface area contributed by atoms with E-state index in [0.717, 1.165) is 0 Å². The van der Waals surface area contributed by atoms with Crippen LogP contribution in [0.1, 0.15) is 0 Å². The fourth-order valence-electron chi connectivity index (χ4n) is 2.72. The monoisotopic (exact) mass is 440 g/mol. The highest BCUT2D eigenvalue weighted by molar-refractivity contribution is 4.87. The summed E-state index contributed by atoms with van der Waals surface area (Å²) < 4.78 is 35.2. The van der Waals surface area contributed by atoms with E-state index in [1.54, 1.807) is 0 Å². The second kappa shape index (κ2) is 21.7. The van der Waals surface area contributed by atoms with Crippen molar-refractivity contribution >= 4 is 0 Å². The van der Waals surface area contributed by atoms with Gasteiger partial charge in [0.05, 0.1) is 52.9 Å². The summed E-state index contributed by atoms with van der Waals surface area (Å²) in [5.41, 5.74) is 33.7. The molecule has 0 amide bonds. The van der Waals surface area contributed by atoms with Crippen molar-refractivity contribution in [2.75, 3.05) is 92.1 Å². The Morgan fingerprint density at radius 3 is 1.00 bits per heavy atom. The molecule has 0 radical (unpaired) electrons. The van der Waals surface area contributed by atoms with Gasteiger partial charge in [-0.2, -0.15) is 0 Å². The molecule has 0 saturated carbocycles. The van der Waals surface area contributed by atoms with Gasteiger partial charge < -0.3 is 62.8 Å². The maximum Gasteiger partial charge on any atom is 0.115 e. The van der Waals surface area contributed by atoms with Gasteiger partial charge in [0.2, 0.25) is 0 Å². The Balaban J connectivity index is 5.63. The van der Waals surface area contributed by atoms with Gasteiger partial charge in [-0.1, -0.05) is 0 Å². The first-order valence-electron chi connectivity index (χ1n) is 10.5. The molecular formula is C18H44N6O6. The molecule has 0 fully saturated rings. The third-order valence-electron chi connectivity index (χ3n) is 3.90. The van der Waals surface area contributed by atoms with E-state index in [9.17, 15) is 0 Å². The summed E-state index contributed by atoms with van der Waals surface area (Å²) in [7, 11) is 0. The molecular weight excluding hydrogens is 396 g/mol. The Morgan fingerprint density at radius 2 is 0.700 bits per heavy atom. The summed E-state index contributed by atoms with van der Waals surface area (Å²) in [5.74, 6) is 0. The Labute approximate surface area is 180 Å². The van der Waals surface area contributed by atoms with Crippen LogP contribution < -0.4 is 34.4 Å². The van der Waals surface area contributed by atoms with Crippen LogP contribution in [0.5, 0.6) is 0 Å². The normalized spacial score (nSPS) is 15.8. The maximum atomic E-state index is 6.05. The molecule has 12 heteroatoms. The molecule has 0 aliphatic heterocycles. The van der Waals surface area contributed by atoms with Gasteiger partial charge in [-0.15, -0.1) is 0 Å². The van der Waals surface area contributed by atoms with Crippen molar-refractivity contribution in [1.82, 2.24) is 0 Å². The van der Waals surface area contributed by atoms with Crippen molar-refractivity contribution in [1.29, 1.82) is 0 Å². The molecule has 30 heavy (non-hydrogen) atoms. The second-order valence-corrected chi connectivity index (χ2v) is 6.37. The Kier molecular flexibility index (Phi) is 21.4. The minimum Gasteiger partial charge on any atom is -0.377 e. The van der Waals surface area contributed by atoms with E-state index in [4.69, 9.17) is 62.8 Å². The summed E-state index contributed by atoms with van der Waals surface area (Å²) in [6.45, 7) is 4.58. The smallest absolute Gasteiger partial charge is 0.115 e. The van der Waals surface area contributed by atoms with E-state index < -0.39 is 24.4 Å². The SMILES string of the molecule is NCCOC[C@H](OCCN)[C@@H](OCCN)[C@H](OCCN)[C@@H](COCCN)OCCN. The van der Waals surface area contributed by atoms with Crippen LogP contribution >= 0.6 is 0 Å². The molecule has 0 aliphatic carbocycles. The van der Waals surface area contributed by atoms with Crippen molar-refractivity contribution in [3.8, 4) is 0 Å². The minimum atomic E-state index is -0.575. The molecule has 0 rings (SSSR count). The van der Waals surface area contributed by atoms with E-state index in [1.165, 1.54) is 0 Å². The Hall–Kier alpha value is -0.480. The number of hydrogen-bond acceptors (Lipinski definition) is 12. The second-order valence-electron chi connectivity index (χ2n) is 6.37. The topological polar surface area (TPSA) is 212 Å². The molecule has 0 bridgehead atoms. The number of nitrogens with two attached hydrogens (primary N) is 6. The lowest BCUT2D eigenvalue weighted by Gasteiger charge is -2.37. The van der Waals surface area contributed by atoms with Crippen LogP contribution in [0.3, 0.4) is 0 Å². The quantitative estimate of drug-likeness (QED) is 0.0848. The highest BCUT2D eigenvalue weighted by Crippen LogP contribution is 2.19. The summed E-state index contributed by atoms with van der Waals surface area (Å²) in [5, 5.41) is 0. The number of rotatable bonds is 23. The average molecular weight is 441 g/mol. The van der Waals surface area contributed by atoms with Crippen molar-refractivity contribution in [2.45, 2.75) is 24.4 Å². The molecule has 0 aromatic carbocycles. The summed E-state index contributed by atoms with van der Waals surface area (Å²) in [6, 6.07) is 0. The maximum absolute atomic E-state index is 6.05. The van der Waals surface area contributed by atoms with E-state index in [1.807, 2.05) is 0 Å². The number of hydrogen-bond donors (Lipinski definition) is 6. The van der Waals surface area contributed by atoms with Gasteiger partial charge in [-0.25, -0.2) is 0 Å². The predicted octanol–water partition coefficient (Wildman–Crippen LogP) is -3.69. The van der Waals surface area contributed by atoms with Crippen molar-refractivity contribution < 1.29 is 28.4 Å². The first-order valence-corrected chi connectivity index (χ1v) is 10.5. The largest absolute Gasteiger partial charge is 0.377 e. The van der Waals surface area contributed by atoms with Gasteiger partial charge in [0.25, 0.3) is 0 Å². The first-order chi connectivity index (χ1) is 14.7. The first kappa shape index (κ1) is 29.5. The van der Waals surface area contributed by atoms with Gasteiger partial charge in [0.15, 0.2) is 0 Å². The fourth-order valence-corrected chi connectivity index (χ4v) is 2.72. The van der Waals surface area contributed by atoms with E-state index in [2.05, 4.69) is 0 Å². The van der Waals surface area contributed by atoms with Gasteiger partial charge >= 0.3 is 0 Å². The fraction of sp³-hybridized carbons (Fsp3) is 1.00. The van der Waals surface area contributed by atoms with Crippen LogP contribution in [0.15, 0.2) is 0 Å². The van der Waals surface area contributed by atoms with Crippen LogP contribution in [0, 0.1) is 0 Å². The molecule has 0 unspecified atom stereocenters. The lowest BCUT2D eigenvalue weighted by Crippen LogP contribution is -2.53. The van der Waals surface area contributed by atoms with E-state index in [-0.39, 0.29) is 13.2 Å². The highest BCUT2D eigenvalue weighted by Gasteiger charge is 2.38. The molecule has 0 aliphatic rings. The molecule has 0 aromatic heterocycles. The molecule has 4 atom stereocenters. The van der Waals surface area contributed by atoms with Crippen LogP contribution in [0.2, 0.25) is 0 Å². The molecule has 0 spiro atoms. The minimum absolute atomic E-state index is 0.238. The van der Waals surface area contributed by atoms with E-state index >= 15 is 0 Å². The van der Waals surface area contributed by atoms with Crippen molar-refractivity contribution in [2.24, 2.45) is 34.4 Å². The van der Waals surface area contributed by atoms with Crippen LogP contribution in [-0.2, 0) is 28.4 Å². The standard InChI is InChI=1S/C18H44N6O6/c19-1-7-25-13-15(27-9-3-21)17(29-11-5-23)18(30-12-6-24)16(28-10-4-22)14-26-8-2-20/h15-18H,1-14,19-24H2/t15-,16+,17-,18-/m1/s1. The molecule has 12 N–H and O–H groups in total. The van der Waals surface area contributed by atoms with Gasteiger partial charge in [-0.05, 0) is 0 Å². The molecule has 12 nitrogen and oxygen atoms in total. The predicted molar refractivity (Wildman–Crippen MR) is 115 cm³/mol. The molecule has 0 aromatic rings. The molecule has 0 heterocycles. The van der Waals surface area contributed by atoms with Crippen LogP contribution in [0.4, 0.5) is 0 Å². The zero-order valence-corrected chi connectivity index (χ0v) is 18.1. The third kappa shape index (κ3) is 13.7. The zero-order valence-electron chi connectivity index (χ0n) is 18.1. The van der Waals surface area contributed by atoms with Crippen LogP contribution in [0.25, 0.3) is 0 Å². The van der Waals surface area contributed by atoms with Gasteiger partial charge in [-0.3, -0.25) is 0 Å². The van der Waals surface area contributed by atoms with Crippen molar-refractivity contribution in [3.05, 3.63) is 0 Å². The summed E-state index contributed by atoms with van der Waals surface area (Å²) in [6.07, 6.45) is -2.14. The Bertz CT molecular complexity index is 329. The number of ether oxygens (including phenoxy) is 6. The zero-order chi connectivity index (χ0) is 22.5. The van der Waals surface area contributed by atoms with E-state index in [0.29, 0.717) is 78.9 Å². The Morgan fingerprint density at radius 1 is 0.400 bits per heavy atom. The molecule has 182 valence electrons.